The van der Waals surface area contributed by atoms with Gasteiger partial charge in [0.05, 0.1) is 7.11 Å². The summed E-state index contributed by atoms with van der Waals surface area (Å²) in [6.07, 6.45) is 0. The molecule has 2 heteroatoms. The first-order chi connectivity index (χ1) is 5.57. The maximum absolute atomic E-state index is 5.32. The number of hydrogen-bond donors (Lipinski definition) is 0. The molecule has 0 spiro atoms. The minimum Gasteiger partial charge on any atom is -0.522 e. The van der Waals surface area contributed by atoms with E-state index in [1.54, 1.807) is 7.11 Å². The SMILES string of the molecule is COc1c(C)c(C)[c-]c(C)c1C.[W]. The maximum atomic E-state index is 5.32. The molecule has 13 heavy (non-hydrogen) atoms. The zero-order chi connectivity index (χ0) is 9.30. The Bertz CT molecular complexity index is 279. The van der Waals surface area contributed by atoms with Gasteiger partial charge in [0.25, 0.3) is 0 Å². The molecule has 0 aliphatic heterocycles. The third-order valence-corrected chi connectivity index (χ3v) is 2.39. The summed E-state index contributed by atoms with van der Waals surface area (Å²) >= 11 is 0. The molecule has 1 aromatic rings. The molecule has 1 rings (SSSR count). The molecule has 0 unspecified atom stereocenters. The second-order valence-corrected chi connectivity index (χ2v) is 3.16. The van der Waals surface area contributed by atoms with E-state index in [2.05, 4.69) is 33.8 Å². The van der Waals surface area contributed by atoms with Crippen LogP contribution in [0.25, 0.3) is 0 Å². The molecule has 0 radical (unpaired) electrons. The fourth-order valence-corrected chi connectivity index (χ4v) is 1.40. The Morgan fingerprint density at radius 1 is 0.923 bits per heavy atom. The van der Waals surface area contributed by atoms with Crippen LogP contribution in [0.4, 0.5) is 0 Å². The van der Waals surface area contributed by atoms with Crippen molar-refractivity contribution in [3.63, 3.8) is 0 Å². The summed E-state index contributed by atoms with van der Waals surface area (Å²) in [5.41, 5.74) is 4.74. The van der Waals surface area contributed by atoms with Crippen molar-refractivity contribution in [2.24, 2.45) is 0 Å². The topological polar surface area (TPSA) is 9.23 Å². The number of aryl methyl sites for hydroxylation is 2. The molecule has 0 heterocycles. The zero-order valence-corrected chi connectivity index (χ0v) is 11.7. The smallest absolute Gasteiger partial charge is 0.0744 e. The Hall–Kier alpha value is -0.292. The van der Waals surface area contributed by atoms with Crippen molar-refractivity contribution in [3.8, 4) is 5.75 Å². The second-order valence-electron chi connectivity index (χ2n) is 3.16. The van der Waals surface area contributed by atoms with Crippen LogP contribution in [-0.2, 0) is 21.1 Å². The molecule has 0 aliphatic carbocycles. The fourth-order valence-electron chi connectivity index (χ4n) is 1.40. The van der Waals surface area contributed by atoms with Gasteiger partial charge in [-0.1, -0.05) is 27.7 Å². The van der Waals surface area contributed by atoms with Crippen LogP contribution < -0.4 is 4.74 Å². The molecule has 1 nitrogen and oxygen atoms in total. The molecule has 0 aromatic heterocycles. The molecule has 0 saturated carbocycles. The van der Waals surface area contributed by atoms with Crippen LogP contribution in [0.5, 0.6) is 5.75 Å². The average molecular weight is 347 g/mol. The van der Waals surface area contributed by atoms with Crippen molar-refractivity contribution in [1.29, 1.82) is 0 Å². The van der Waals surface area contributed by atoms with Gasteiger partial charge in [0.15, 0.2) is 0 Å². The summed E-state index contributed by atoms with van der Waals surface area (Å²) in [6.45, 7) is 8.25. The molecule has 1 aromatic carbocycles. The van der Waals surface area contributed by atoms with Crippen LogP contribution >= 0.6 is 0 Å². The van der Waals surface area contributed by atoms with Gasteiger partial charge in [0.2, 0.25) is 0 Å². The van der Waals surface area contributed by atoms with E-state index >= 15 is 0 Å². The third-order valence-electron chi connectivity index (χ3n) is 2.39. The van der Waals surface area contributed by atoms with Crippen molar-refractivity contribution in [2.45, 2.75) is 27.7 Å². The van der Waals surface area contributed by atoms with E-state index in [1.165, 1.54) is 22.3 Å². The zero-order valence-electron chi connectivity index (χ0n) is 8.82. The normalized spacial score (nSPS) is 9.31. The summed E-state index contributed by atoms with van der Waals surface area (Å²) in [7, 11) is 1.72. The summed E-state index contributed by atoms with van der Waals surface area (Å²) in [6, 6.07) is 3.30. The minimum absolute atomic E-state index is 0. The molecular formula is C11H15OW-. The Kier molecular flexibility index (Phi) is 4.70. The molecule has 0 N–H and O–H groups in total. The number of methoxy groups -OCH3 is 1. The van der Waals surface area contributed by atoms with Gasteiger partial charge in [-0.25, -0.2) is 0 Å². The number of rotatable bonds is 1. The van der Waals surface area contributed by atoms with Crippen LogP contribution in [0.15, 0.2) is 0 Å². The third kappa shape index (κ3) is 2.34. The Morgan fingerprint density at radius 3 is 1.62 bits per heavy atom. The Balaban J connectivity index is 0.00000144. The molecule has 0 bridgehead atoms. The monoisotopic (exact) mass is 347 g/mol. The first kappa shape index (κ1) is 12.7. The molecule has 0 aliphatic rings. The number of benzene rings is 1. The van der Waals surface area contributed by atoms with E-state index in [9.17, 15) is 0 Å². The molecule has 0 atom stereocenters. The molecule has 0 fully saturated rings. The number of hydrogen-bond acceptors (Lipinski definition) is 1. The van der Waals surface area contributed by atoms with Gasteiger partial charge in [-0.05, 0) is 0 Å². The van der Waals surface area contributed by atoms with Gasteiger partial charge in [-0.2, -0.15) is 17.2 Å². The van der Waals surface area contributed by atoms with Crippen molar-refractivity contribution >= 4 is 0 Å². The van der Waals surface area contributed by atoms with Gasteiger partial charge >= 0.3 is 0 Å². The standard InChI is InChI=1S/C11H15O.W/c1-7-6-8(2)10(4)11(12-5)9(7)3;/h1-5H3;/q-1;. The van der Waals surface area contributed by atoms with Crippen molar-refractivity contribution in [1.82, 2.24) is 0 Å². The predicted octanol–water partition coefficient (Wildman–Crippen LogP) is 2.73. The summed E-state index contributed by atoms with van der Waals surface area (Å²) < 4.78 is 5.32. The first-order valence-corrected chi connectivity index (χ1v) is 4.11. The van der Waals surface area contributed by atoms with Crippen LogP contribution in [0.1, 0.15) is 22.3 Å². The molecular weight excluding hydrogens is 332 g/mol. The van der Waals surface area contributed by atoms with Crippen molar-refractivity contribution < 1.29 is 25.8 Å². The van der Waals surface area contributed by atoms with Crippen LogP contribution in [0.3, 0.4) is 0 Å². The average Bonchev–Trinajstić information content (AvgIpc) is 2.02. The maximum Gasteiger partial charge on any atom is 0.0744 e. The van der Waals surface area contributed by atoms with E-state index < -0.39 is 0 Å². The largest absolute Gasteiger partial charge is 0.522 e. The summed E-state index contributed by atoms with van der Waals surface area (Å²) in [5, 5.41) is 0. The van der Waals surface area contributed by atoms with E-state index in [1.807, 2.05) is 0 Å². The van der Waals surface area contributed by atoms with E-state index in [-0.39, 0.29) is 21.1 Å². The van der Waals surface area contributed by atoms with E-state index in [0.717, 1.165) is 5.75 Å². The quantitative estimate of drug-likeness (QED) is 0.710. The van der Waals surface area contributed by atoms with E-state index in [4.69, 9.17) is 4.74 Å². The van der Waals surface area contributed by atoms with Crippen LogP contribution in [0.2, 0.25) is 0 Å². The van der Waals surface area contributed by atoms with Gasteiger partial charge in [-0.15, -0.1) is 11.1 Å². The Labute approximate surface area is 94.8 Å². The fraction of sp³-hybridized carbons (Fsp3) is 0.455. The minimum atomic E-state index is 0. The molecule has 72 valence electrons. The van der Waals surface area contributed by atoms with Gasteiger partial charge in [-0.3, -0.25) is 0 Å². The van der Waals surface area contributed by atoms with Gasteiger partial charge in [0.1, 0.15) is 0 Å². The predicted molar refractivity (Wildman–Crippen MR) is 50.8 cm³/mol. The van der Waals surface area contributed by atoms with Crippen LogP contribution in [-0.4, -0.2) is 7.11 Å². The summed E-state index contributed by atoms with van der Waals surface area (Å²) in [4.78, 5) is 0. The van der Waals surface area contributed by atoms with Crippen molar-refractivity contribution in [3.05, 3.63) is 28.3 Å². The van der Waals surface area contributed by atoms with Crippen molar-refractivity contribution in [2.75, 3.05) is 7.11 Å². The Morgan fingerprint density at radius 2 is 1.31 bits per heavy atom. The first-order valence-electron chi connectivity index (χ1n) is 4.11. The summed E-state index contributed by atoms with van der Waals surface area (Å²) in [5.74, 6) is 1.00. The van der Waals surface area contributed by atoms with Gasteiger partial charge < -0.3 is 4.74 Å². The van der Waals surface area contributed by atoms with Gasteiger partial charge in [0, 0.05) is 26.8 Å². The molecule has 0 saturated heterocycles. The van der Waals surface area contributed by atoms with E-state index in [0.29, 0.717) is 0 Å². The second kappa shape index (κ2) is 4.81. The van der Waals surface area contributed by atoms with Crippen LogP contribution in [0, 0.1) is 33.8 Å². The number of ether oxygens (including phenoxy) is 1. The molecule has 0 amide bonds.